The second kappa shape index (κ2) is 6.36. The van der Waals surface area contributed by atoms with Gasteiger partial charge in [-0.1, -0.05) is 6.07 Å². The smallest absolute Gasteiger partial charge is 0.415 e. The van der Waals surface area contributed by atoms with Crippen LogP contribution in [0.1, 0.15) is 0 Å². The van der Waals surface area contributed by atoms with E-state index in [0.29, 0.717) is 18.8 Å². The van der Waals surface area contributed by atoms with Crippen molar-refractivity contribution in [2.24, 2.45) is 0 Å². The Labute approximate surface area is 147 Å². The zero-order valence-corrected chi connectivity index (χ0v) is 13.5. The summed E-state index contributed by atoms with van der Waals surface area (Å²) in [6.07, 6.45) is 0.949. The summed E-state index contributed by atoms with van der Waals surface area (Å²) in [6, 6.07) is 11.0. The van der Waals surface area contributed by atoms with Gasteiger partial charge in [0.05, 0.1) is 29.9 Å². The zero-order valence-electron chi connectivity index (χ0n) is 13.5. The molecule has 4 rings (SSSR count). The number of amides is 1. The molecule has 0 radical (unpaired) electrons. The Bertz CT molecular complexity index is 963. The third-order valence-electron chi connectivity index (χ3n) is 4.07. The Morgan fingerprint density at radius 3 is 2.73 bits per heavy atom. The second-order valence-electron chi connectivity index (χ2n) is 5.82. The van der Waals surface area contributed by atoms with Gasteiger partial charge in [-0.05, 0) is 24.3 Å². The number of ether oxygens (including phenoxy) is 2. The Balaban J connectivity index is 1.32. The topological polar surface area (TPSA) is 111 Å². The first-order valence-corrected chi connectivity index (χ1v) is 7.90. The van der Waals surface area contributed by atoms with E-state index in [0.717, 1.165) is 11.0 Å². The number of likely N-dealkylation sites (tertiary alicyclic amines) is 1. The number of non-ortho nitro benzene ring substituents is 1. The van der Waals surface area contributed by atoms with Crippen LogP contribution in [0.2, 0.25) is 0 Å². The molecule has 1 aromatic heterocycles. The number of hydrogen-bond donors (Lipinski definition) is 1. The SMILES string of the molecule is O=C(Oc1ccc([N+](=O)[O-])cc1)N1CC(Oc2cccc3[nH]cnc23)C1. The van der Waals surface area contributed by atoms with Crippen LogP contribution in [0.25, 0.3) is 11.0 Å². The van der Waals surface area contributed by atoms with Crippen LogP contribution < -0.4 is 9.47 Å². The van der Waals surface area contributed by atoms with Gasteiger partial charge in [-0.15, -0.1) is 0 Å². The van der Waals surface area contributed by atoms with Crippen molar-refractivity contribution < 1.29 is 19.2 Å². The van der Waals surface area contributed by atoms with E-state index in [4.69, 9.17) is 9.47 Å². The lowest BCUT2D eigenvalue weighted by molar-refractivity contribution is -0.384. The lowest BCUT2D eigenvalue weighted by Crippen LogP contribution is -2.57. The molecule has 0 aliphatic carbocycles. The highest BCUT2D eigenvalue weighted by molar-refractivity contribution is 5.81. The summed E-state index contributed by atoms with van der Waals surface area (Å²) in [7, 11) is 0. The van der Waals surface area contributed by atoms with Crippen LogP contribution in [0.4, 0.5) is 10.5 Å². The minimum atomic E-state index is -0.517. The number of nitro benzene ring substituents is 1. The third-order valence-corrected chi connectivity index (χ3v) is 4.07. The Morgan fingerprint density at radius 2 is 2.00 bits per heavy atom. The molecule has 1 saturated heterocycles. The fraction of sp³-hybridized carbons (Fsp3) is 0.176. The molecule has 132 valence electrons. The van der Waals surface area contributed by atoms with Crippen molar-refractivity contribution in [1.82, 2.24) is 14.9 Å². The minimum absolute atomic E-state index is 0.0604. The minimum Gasteiger partial charge on any atom is -0.484 e. The molecule has 1 N–H and O–H groups in total. The number of carbonyl (C=O) groups is 1. The van der Waals surface area contributed by atoms with Crippen molar-refractivity contribution in [1.29, 1.82) is 0 Å². The van der Waals surface area contributed by atoms with Gasteiger partial charge in [0.2, 0.25) is 0 Å². The number of aromatic amines is 1. The maximum absolute atomic E-state index is 12.1. The number of hydrogen-bond acceptors (Lipinski definition) is 6. The summed E-state index contributed by atoms with van der Waals surface area (Å²) in [4.78, 5) is 30.9. The van der Waals surface area contributed by atoms with Crippen LogP contribution in [-0.2, 0) is 0 Å². The van der Waals surface area contributed by atoms with Crippen LogP contribution in [0, 0.1) is 10.1 Å². The van der Waals surface area contributed by atoms with Gasteiger partial charge < -0.3 is 19.4 Å². The molecule has 0 spiro atoms. The van der Waals surface area contributed by atoms with Crippen LogP contribution in [-0.4, -0.2) is 45.1 Å². The molecule has 1 fully saturated rings. The Kier molecular flexibility index (Phi) is 3.88. The highest BCUT2D eigenvalue weighted by atomic mass is 16.6. The van der Waals surface area contributed by atoms with Crippen molar-refractivity contribution in [2.75, 3.05) is 13.1 Å². The van der Waals surface area contributed by atoms with Gasteiger partial charge in [-0.3, -0.25) is 10.1 Å². The molecule has 0 unspecified atom stereocenters. The van der Waals surface area contributed by atoms with Crippen LogP contribution in [0.15, 0.2) is 48.8 Å². The van der Waals surface area contributed by atoms with E-state index in [1.165, 1.54) is 29.2 Å². The molecule has 2 heterocycles. The first-order chi connectivity index (χ1) is 12.6. The number of nitro groups is 1. The molecule has 26 heavy (non-hydrogen) atoms. The Morgan fingerprint density at radius 1 is 1.23 bits per heavy atom. The average Bonchev–Trinajstić information content (AvgIpc) is 3.07. The number of imidazole rings is 1. The van der Waals surface area contributed by atoms with Gasteiger partial charge in [-0.2, -0.15) is 0 Å². The molecule has 0 atom stereocenters. The van der Waals surface area contributed by atoms with E-state index in [-0.39, 0.29) is 17.5 Å². The summed E-state index contributed by atoms with van der Waals surface area (Å²) >= 11 is 0. The largest absolute Gasteiger partial charge is 0.484 e. The number of fused-ring (bicyclic) bond motifs is 1. The van der Waals surface area contributed by atoms with E-state index in [2.05, 4.69) is 9.97 Å². The Hall–Kier alpha value is -3.62. The molecule has 9 heteroatoms. The third kappa shape index (κ3) is 3.02. The fourth-order valence-corrected chi connectivity index (χ4v) is 2.68. The molecule has 1 amide bonds. The molecule has 2 aromatic carbocycles. The highest BCUT2D eigenvalue weighted by Gasteiger charge is 2.34. The van der Waals surface area contributed by atoms with Gasteiger partial charge in [0.15, 0.2) is 0 Å². The number of H-pyrrole nitrogens is 1. The van der Waals surface area contributed by atoms with Gasteiger partial charge >= 0.3 is 6.09 Å². The van der Waals surface area contributed by atoms with Crippen molar-refractivity contribution in [3.8, 4) is 11.5 Å². The van der Waals surface area contributed by atoms with E-state index >= 15 is 0 Å². The normalized spacial score (nSPS) is 14.1. The molecular formula is C17H14N4O5. The summed E-state index contributed by atoms with van der Waals surface area (Å²) in [5.74, 6) is 0.920. The number of benzene rings is 2. The summed E-state index contributed by atoms with van der Waals surface area (Å²) in [5, 5.41) is 10.6. The number of para-hydroxylation sites is 1. The molecule has 0 saturated carbocycles. The lowest BCUT2D eigenvalue weighted by Gasteiger charge is -2.37. The highest BCUT2D eigenvalue weighted by Crippen LogP contribution is 2.26. The summed E-state index contributed by atoms with van der Waals surface area (Å²) in [5.41, 5.74) is 1.57. The van der Waals surface area contributed by atoms with Crippen LogP contribution >= 0.6 is 0 Å². The summed E-state index contributed by atoms with van der Waals surface area (Å²) < 4.78 is 11.1. The van der Waals surface area contributed by atoms with Gasteiger partial charge in [0.1, 0.15) is 23.1 Å². The van der Waals surface area contributed by atoms with E-state index in [1.54, 1.807) is 6.33 Å². The number of aromatic nitrogens is 2. The molecule has 1 aliphatic rings. The quantitative estimate of drug-likeness (QED) is 0.570. The van der Waals surface area contributed by atoms with Gasteiger partial charge in [0, 0.05) is 12.1 Å². The first kappa shape index (κ1) is 15.9. The standard InChI is InChI=1S/C17H14N4O5/c22-17(26-12-6-4-11(5-7-12)21(23)24)20-8-13(9-20)25-15-3-1-2-14-16(15)19-10-18-14/h1-7,10,13H,8-9H2,(H,18,19). The monoisotopic (exact) mass is 354 g/mol. The average molecular weight is 354 g/mol. The molecule has 9 nitrogen and oxygen atoms in total. The van der Waals surface area contributed by atoms with Crippen LogP contribution in [0.3, 0.4) is 0 Å². The van der Waals surface area contributed by atoms with Gasteiger partial charge in [0.25, 0.3) is 5.69 Å². The summed E-state index contributed by atoms with van der Waals surface area (Å²) in [6.45, 7) is 0.791. The molecule has 3 aromatic rings. The second-order valence-corrected chi connectivity index (χ2v) is 5.82. The van der Waals surface area contributed by atoms with E-state index < -0.39 is 11.0 Å². The number of nitrogens with one attached hydrogen (secondary N) is 1. The molecule has 1 aliphatic heterocycles. The van der Waals surface area contributed by atoms with Crippen molar-refractivity contribution in [3.63, 3.8) is 0 Å². The molecular weight excluding hydrogens is 340 g/mol. The molecule has 0 bridgehead atoms. The van der Waals surface area contributed by atoms with Gasteiger partial charge in [-0.25, -0.2) is 9.78 Å². The number of carbonyl (C=O) groups excluding carboxylic acids is 1. The van der Waals surface area contributed by atoms with Crippen molar-refractivity contribution in [3.05, 3.63) is 58.9 Å². The van der Waals surface area contributed by atoms with Crippen LogP contribution in [0.5, 0.6) is 11.5 Å². The van der Waals surface area contributed by atoms with E-state index in [1.807, 2.05) is 18.2 Å². The fourth-order valence-electron chi connectivity index (χ4n) is 2.68. The number of nitrogens with zero attached hydrogens (tertiary/aromatic N) is 3. The predicted molar refractivity (Wildman–Crippen MR) is 91.2 cm³/mol. The lowest BCUT2D eigenvalue weighted by atomic mass is 10.2. The maximum atomic E-state index is 12.1. The zero-order chi connectivity index (χ0) is 18.1. The predicted octanol–water partition coefficient (Wildman–Crippen LogP) is 2.73. The van der Waals surface area contributed by atoms with E-state index in [9.17, 15) is 14.9 Å². The maximum Gasteiger partial charge on any atom is 0.415 e. The first-order valence-electron chi connectivity index (χ1n) is 7.90. The number of rotatable bonds is 4. The van der Waals surface area contributed by atoms with Crippen molar-refractivity contribution >= 4 is 22.8 Å². The van der Waals surface area contributed by atoms with Crippen molar-refractivity contribution in [2.45, 2.75) is 6.10 Å².